The highest BCUT2D eigenvalue weighted by Gasteiger charge is 2.13. The fourth-order valence-corrected chi connectivity index (χ4v) is 3.17. The highest BCUT2D eigenvalue weighted by Crippen LogP contribution is 2.23. The van der Waals surface area contributed by atoms with Crippen molar-refractivity contribution in [3.8, 4) is 16.3 Å². The van der Waals surface area contributed by atoms with E-state index in [2.05, 4.69) is 10.1 Å². The molecule has 0 aliphatic heterocycles. The molecule has 2 aromatic carbocycles. The van der Waals surface area contributed by atoms with Gasteiger partial charge in [-0.25, -0.2) is 4.68 Å². The van der Waals surface area contributed by atoms with Crippen molar-refractivity contribution in [3.05, 3.63) is 73.6 Å². The number of hydrogen-bond donors (Lipinski definition) is 0. The minimum Gasteiger partial charge on any atom is -0.273 e. The summed E-state index contributed by atoms with van der Waals surface area (Å²) in [6.45, 7) is 1.30. The van der Waals surface area contributed by atoms with Crippen molar-refractivity contribution in [1.82, 2.24) is 9.78 Å². The molecule has 0 saturated carbocycles. The first kappa shape index (κ1) is 18.1. The first-order valence-corrected chi connectivity index (χ1v) is 8.32. The van der Waals surface area contributed by atoms with E-state index >= 15 is 0 Å². The molecule has 3 rings (SSSR count). The maximum absolute atomic E-state index is 11.4. The Labute approximate surface area is 155 Å². The molecule has 136 valence electrons. The first-order chi connectivity index (χ1) is 12.8. The summed E-state index contributed by atoms with van der Waals surface area (Å²) in [7, 11) is 0. The molecule has 1 aromatic heterocycles. The fraction of sp³-hybridized carbons (Fsp3) is 0.0625. The van der Waals surface area contributed by atoms with Gasteiger partial charge in [-0.05, 0) is 24.3 Å². The normalized spacial score (nSPS) is 11.4. The van der Waals surface area contributed by atoms with E-state index in [9.17, 15) is 25.0 Å². The van der Waals surface area contributed by atoms with Crippen molar-refractivity contribution >= 4 is 28.6 Å². The van der Waals surface area contributed by atoms with Crippen molar-refractivity contribution in [1.29, 1.82) is 0 Å². The van der Waals surface area contributed by atoms with Gasteiger partial charge in [-0.1, -0.05) is 11.3 Å². The quantitative estimate of drug-likeness (QED) is 0.501. The largest absolute Gasteiger partial charge is 0.273 e. The van der Waals surface area contributed by atoms with Crippen molar-refractivity contribution in [2.24, 2.45) is 4.99 Å². The summed E-state index contributed by atoms with van der Waals surface area (Å²) in [5, 5.41) is 26.5. The van der Waals surface area contributed by atoms with Crippen LogP contribution in [-0.4, -0.2) is 25.5 Å². The maximum Gasteiger partial charge on any atom is 0.269 e. The van der Waals surface area contributed by atoms with Crippen LogP contribution in [0.3, 0.4) is 0 Å². The predicted octanol–water partition coefficient (Wildman–Crippen LogP) is 2.86. The fourth-order valence-electron chi connectivity index (χ4n) is 2.21. The molecule has 1 amide bonds. The van der Waals surface area contributed by atoms with E-state index in [-0.39, 0.29) is 16.2 Å². The lowest BCUT2D eigenvalue weighted by Crippen LogP contribution is -2.15. The highest BCUT2D eigenvalue weighted by molar-refractivity contribution is 7.12. The molecular formula is C16H11N5O5S. The number of hydrogen-bond acceptors (Lipinski definition) is 7. The number of rotatable bonds is 4. The van der Waals surface area contributed by atoms with Gasteiger partial charge in [0.05, 0.1) is 15.5 Å². The molecule has 0 radical (unpaired) electrons. The van der Waals surface area contributed by atoms with E-state index < -0.39 is 15.8 Å². The Morgan fingerprint density at radius 2 is 1.52 bits per heavy atom. The minimum atomic E-state index is -0.515. The number of nitro benzene ring substituents is 2. The summed E-state index contributed by atoms with van der Waals surface area (Å²) in [6.07, 6.45) is 0. The zero-order chi connectivity index (χ0) is 19.6. The molecule has 1 heterocycles. The Morgan fingerprint density at radius 1 is 1.00 bits per heavy atom. The Bertz CT molecular complexity index is 1100. The molecular weight excluding hydrogens is 374 g/mol. The van der Waals surface area contributed by atoms with Crippen LogP contribution in [0.25, 0.3) is 16.3 Å². The van der Waals surface area contributed by atoms with Crippen molar-refractivity contribution in [3.63, 3.8) is 0 Å². The lowest BCUT2D eigenvalue weighted by Gasteiger charge is -2.00. The summed E-state index contributed by atoms with van der Waals surface area (Å²) in [4.78, 5) is 36.2. The molecule has 0 bridgehead atoms. The van der Waals surface area contributed by atoms with E-state index in [0.29, 0.717) is 16.3 Å². The molecule has 0 fully saturated rings. The maximum atomic E-state index is 11.4. The van der Waals surface area contributed by atoms with E-state index in [1.54, 1.807) is 12.1 Å². The van der Waals surface area contributed by atoms with E-state index in [4.69, 9.17) is 0 Å². The topological polar surface area (TPSA) is 134 Å². The van der Waals surface area contributed by atoms with Gasteiger partial charge in [-0.15, -0.1) is 0 Å². The van der Waals surface area contributed by atoms with Crippen LogP contribution < -0.4 is 4.80 Å². The third-order valence-corrected chi connectivity index (χ3v) is 4.40. The van der Waals surface area contributed by atoms with Gasteiger partial charge in [0.2, 0.25) is 10.7 Å². The predicted molar refractivity (Wildman–Crippen MR) is 96.4 cm³/mol. The minimum absolute atomic E-state index is 0.0489. The van der Waals surface area contributed by atoms with Crippen LogP contribution in [0.4, 0.5) is 11.4 Å². The van der Waals surface area contributed by atoms with E-state index in [0.717, 1.165) is 11.3 Å². The standard InChI is InChI=1S/C16H11N5O5S/c1-10(22)17-16-19(12-6-8-14(9-7-12)21(25)26)18-15(27-16)11-2-4-13(5-3-11)20(23)24/h2-9H,1H3. The number of carbonyl (C=O) groups is 1. The monoisotopic (exact) mass is 385 g/mol. The number of aromatic nitrogens is 2. The molecule has 0 unspecified atom stereocenters. The average molecular weight is 385 g/mol. The van der Waals surface area contributed by atoms with Crippen LogP contribution in [0, 0.1) is 20.2 Å². The average Bonchev–Trinajstić information content (AvgIpc) is 3.05. The van der Waals surface area contributed by atoms with Gasteiger partial charge in [0.1, 0.15) is 5.01 Å². The second-order valence-electron chi connectivity index (χ2n) is 5.31. The van der Waals surface area contributed by atoms with Crippen molar-refractivity contribution in [2.45, 2.75) is 6.92 Å². The molecule has 10 nitrogen and oxygen atoms in total. The molecule has 11 heteroatoms. The number of non-ortho nitro benzene ring substituents is 2. The van der Waals surface area contributed by atoms with Gasteiger partial charge < -0.3 is 0 Å². The Morgan fingerprint density at radius 3 is 2.00 bits per heavy atom. The van der Waals surface area contributed by atoms with Gasteiger partial charge >= 0.3 is 0 Å². The summed E-state index contributed by atoms with van der Waals surface area (Å²) in [5.41, 5.74) is 0.985. The van der Waals surface area contributed by atoms with Crippen molar-refractivity contribution in [2.75, 3.05) is 0 Å². The van der Waals surface area contributed by atoms with Crippen LogP contribution in [0.2, 0.25) is 0 Å². The van der Waals surface area contributed by atoms with Crippen LogP contribution in [0.15, 0.2) is 53.5 Å². The third-order valence-electron chi connectivity index (χ3n) is 3.44. The molecule has 0 aliphatic carbocycles. The summed E-state index contributed by atoms with van der Waals surface area (Å²) >= 11 is 1.12. The first-order valence-electron chi connectivity index (χ1n) is 7.50. The lowest BCUT2D eigenvalue weighted by atomic mass is 10.2. The summed E-state index contributed by atoms with van der Waals surface area (Å²) in [6, 6.07) is 11.5. The number of nitrogens with zero attached hydrogens (tertiary/aromatic N) is 5. The van der Waals surface area contributed by atoms with Crippen LogP contribution >= 0.6 is 11.3 Å². The van der Waals surface area contributed by atoms with E-state index in [1.807, 2.05) is 0 Å². The molecule has 27 heavy (non-hydrogen) atoms. The van der Waals surface area contributed by atoms with Gasteiger partial charge in [0.25, 0.3) is 11.4 Å². The van der Waals surface area contributed by atoms with Gasteiger partial charge in [0.15, 0.2) is 0 Å². The summed E-state index contributed by atoms with van der Waals surface area (Å²) in [5.74, 6) is -0.426. The Balaban J connectivity index is 2.09. The SMILES string of the molecule is CC(=O)N=c1sc(-c2ccc([N+](=O)[O-])cc2)nn1-c1ccc([N+](=O)[O-])cc1. The smallest absolute Gasteiger partial charge is 0.269 e. The van der Waals surface area contributed by atoms with Crippen LogP contribution in [0.5, 0.6) is 0 Å². The van der Waals surface area contributed by atoms with Gasteiger partial charge in [0, 0.05) is 36.8 Å². The molecule has 0 saturated heterocycles. The lowest BCUT2D eigenvalue weighted by molar-refractivity contribution is -0.385. The second kappa shape index (κ2) is 7.25. The number of carbonyl (C=O) groups excluding carboxylic acids is 1. The van der Waals surface area contributed by atoms with Crippen molar-refractivity contribution < 1.29 is 14.6 Å². The summed E-state index contributed by atoms with van der Waals surface area (Å²) < 4.78 is 1.40. The highest BCUT2D eigenvalue weighted by atomic mass is 32.1. The third kappa shape index (κ3) is 3.93. The number of benzene rings is 2. The number of amides is 1. The van der Waals surface area contributed by atoms with Gasteiger partial charge in [-0.3, -0.25) is 25.0 Å². The molecule has 0 atom stereocenters. The Hall–Kier alpha value is -3.73. The van der Waals surface area contributed by atoms with Gasteiger partial charge in [-0.2, -0.15) is 10.1 Å². The molecule has 3 aromatic rings. The number of nitro groups is 2. The molecule has 0 spiro atoms. The molecule has 0 N–H and O–H groups in total. The Kier molecular flexibility index (Phi) is 4.86. The second-order valence-corrected chi connectivity index (χ2v) is 6.27. The van der Waals surface area contributed by atoms with Crippen LogP contribution in [0.1, 0.15) is 6.92 Å². The zero-order valence-electron chi connectivity index (χ0n) is 13.8. The molecule has 0 aliphatic rings. The van der Waals surface area contributed by atoms with E-state index in [1.165, 1.54) is 48.0 Å². The zero-order valence-corrected chi connectivity index (χ0v) is 14.6. The van der Waals surface area contributed by atoms with Crippen LogP contribution in [-0.2, 0) is 4.79 Å².